The van der Waals surface area contributed by atoms with Crippen LogP contribution in [0, 0.1) is 0 Å². The van der Waals surface area contributed by atoms with Gasteiger partial charge in [-0.05, 0) is 37.3 Å². The van der Waals surface area contributed by atoms with Crippen molar-refractivity contribution in [2.24, 2.45) is 5.16 Å². The van der Waals surface area contributed by atoms with Crippen molar-refractivity contribution in [2.75, 3.05) is 7.11 Å². The highest BCUT2D eigenvalue weighted by Crippen LogP contribution is 2.13. The molecule has 5 nitrogen and oxygen atoms in total. The van der Waals surface area contributed by atoms with Crippen molar-refractivity contribution in [3.8, 4) is 5.75 Å². The average Bonchev–Trinajstić information content (AvgIpc) is 2.53. The first-order valence-electron chi connectivity index (χ1n) is 6.01. The molecule has 20 heavy (non-hydrogen) atoms. The molecule has 0 N–H and O–H groups in total. The van der Waals surface area contributed by atoms with Gasteiger partial charge in [-0.1, -0.05) is 11.2 Å². The lowest BCUT2D eigenvalue weighted by atomic mass is 10.2. The molecule has 0 aliphatic carbocycles. The van der Waals surface area contributed by atoms with Gasteiger partial charge in [0.05, 0.1) is 18.4 Å². The minimum atomic E-state index is -0.530. The zero-order chi connectivity index (χ0) is 14.4. The van der Waals surface area contributed by atoms with Crippen molar-refractivity contribution in [3.05, 3.63) is 59.9 Å². The summed E-state index contributed by atoms with van der Waals surface area (Å²) in [4.78, 5) is 20.7. The Morgan fingerprint density at radius 1 is 1.15 bits per heavy atom. The van der Waals surface area contributed by atoms with Crippen LogP contribution in [0.5, 0.6) is 5.75 Å². The summed E-state index contributed by atoms with van der Waals surface area (Å²) in [6, 6.07) is 10.3. The molecular weight excluding hydrogens is 256 g/mol. The predicted molar refractivity (Wildman–Crippen MR) is 74.9 cm³/mol. The lowest BCUT2D eigenvalue weighted by Gasteiger charge is -2.03. The third-order valence-electron chi connectivity index (χ3n) is 2.67. The van der Waals surface area contributed by atoms with Gasteiger partial charge < -0.3 is 9.57 Å². The number of carbonyl (C=O) groups is 1. The highest BCUT2D eigenvalue weighted by atomic mass is 16.7. The van der Waals surface area contributed by atoms with Gasteiger partial charge in [0.25, 0.3) is 0 Å². The van der Waals surface area contributed by atoms with E-state index in [9.17, 15) is 4.79 Å². The number of rotatable bonds is 4. The Morgan fingerprint density at radius 3 is 2.60 bits per heavy atom. The van der Waals surface area contributed by atoms with Crippen LogP contribution in [0.1, 0.15) is 22.8 Å². The Labute approximate surface area is 116 Å². The zero-order valence-electron chi connectivity index (χ0n) is 11.2. The molecule has 0 radical (unpaired) electrons. The summed E-state index contributed by atoms with van der Waals surface area (Å²) in [5.41, 5.74) is 1.83. The molecule has 0 aliphatic rings. The number of aromatic nitrogens is 1. The van der Waals surface area contributed by atoms with E-state index in [4.69, 9.17) is 9.57 Å². The van der Waals surface area contributed by atoms with E-state index in [1.165, 1.54) is 7.11 Å². The maximum atomic E-state index is 11.9. The largest absolute Gasteiger partial charge is 0.497 e. The Morgan fingerprint density at radius 2 is 1.90 bits per heavy atom. The quantitative estimate of drug-likeness (QED) is 0.487. The van der Waals surface area contributed by atoms with Gasteiger partial charge in [-0.15, -0.1) is 0 Å². The smallest absolute Gasteiger partial charge is 0.365 e. The van der Waals surface area contributed by atoms with Crippen molar-refractivity contribution < 1.29 is 14.4 Å². The van der Waals surface area contributed by atoms with E-state index in [1.54, 1.807) is 55.7 Å². The Balaban J connectivity index is 2.08. The average molecular weight is 270 g/mol. The van der Waals surface area contributed by atoms with Crippen molar-refractivity contribution in [1.82, 2.24) is 4.98 Å². The Hall–Kier alpha value is -2.69. The molecule has 0 spiro atoms. The van der Waals surface area contributed by atoms with Crippen LogP contribution in [-0.2, 0) is 4.84 Å². The van der Waals surface area contributed by atoms with Crippen LogP contribution < -0.4 is 4.74 Å². The van der Waals surface area contributed by atoms with E-state index in [2.05, 4.69) is 10.1 Å². The van der Waals surface area contributed by atoms with Gasteiger partial charge in [0.1, 0.15) is 5.75 Å². The number of pyridine rings is 1. The van der Waals surface area contributed by atoms with Gasteiger partial charge in [0, 0.05) is 18.0 Å². The summed E-state index contributed by atoms with van der Waals surface area (Å²) < 4.78 is 5.05. The number of nitrogens with zero attached hydrogens (tertiary/aromatic N) is 2. The number of methoxy groups -OCH3 is 1. The second-order valence-electron chi connectivity index (χ2n) is 4.02. The molecule has 1 aromatic carbocycles. The number of carbonyl (C=O) groups excluding carboxylic acids is 1. The van der Waals surface area contributed by atoms with Crippen LogP contribution in [0.25, 0.3) is 0 Å². The van der Waals surface area contributed by atoms with Crippen molar-refractivity contribution in [1.29, 1.82) is 0 Å². The minimum Gasteiger partial charge on any atom is -0.497 e. The third kappa shape index (κ3) is 3.41. The number of hydrogen-bond donors (Lipinski definition) is 0. The van der Waals surface area contributed by atoms with E-state index in [1.807, 2.05) is 0 Å². The second-order valence-corrected chi connectivity index (χ2v) is 4.02. The Kier molecular flexibility index (Phi) is 4.44. The highest BCUT2D eigenvalue weighted by molar-refractivity contribution is 5.99. The SMILES string of the molecule is COc1cccc(C(=O)O/N=C(\C)c2ccncc2)c1. The first-order valence-corrected chi connectivity index (χ1v) is 6.01. The van der Waals surface area contributed by atoms with Gasteiger partial charge in [-0.25, -0.2) is 4.79 Å². The van der Waals surface area contributed by atoms with Crippen LogP contribution in [0.4, 0.5) is 0 Å². The molecule has 1 aromatic heterocycles. The van der Waals surface area contributed by atoms with Crippen LogP contribution in [0.2, 0.25) is 0 Å². The number of oxime groups is 1. The third-order valence-corrected chi connectivity index (χ3v) is 2.67. The fourth-order valence-corrected chi connectivity index (χ4v) is 1.56. The summed E-state index contributed by atoms with van der Waals surface area (Å²) in [6.07, 6.45) is 3.30. The Bertz CT molecular complexity index is 624. The van der Waals surface area contributed by atoms with Gasteiger partial charge in [-0.2, -0.15) is 0 Å². The molecular formula is C15H14N2O3. The van der Waals surface area contributed by atoms with Crippen molar-refractivity contribution in [3.63, 3.8) is 0 Å². The zero-order valence-corrected chi connectivity index (χ0v) is 11.2. The monoisotopic (exact) mass is 270 g/mol. The number of hydrogen-bond acceptors (Lipinski definition) is 5. The first kappa shape index (κ1) is 13.7. The van der Waals surface area contributed by atoms with Crippen LogP contribution in [0.3, 0.4) is 0 Å². The maximum absolute atomic E-state index is 11.9. The molecule has 1 heterocycles. The van der Waals surface area contributed by atoms with E-state index in [0.717, 1.165) is 5.56 Å². The van der Waals surface area contributed by atoms with E-state index >= 15 is 0 Å². The lowest BCUT2D eigenvalue weighted by molar-refractivity contribution is 0.0516. The van der Waals surface area contributed by atoms with Crippen molar-refractivity contribution >= 4 is 11.7 Å². The molecule has 0 atom stereocenters. The lowest BCUT2D eigenvalue weighted by Crippen LogP contribution is -2.04. The molecule has 0 aliphatic heterocycles. The first-order chi connectivity index (χ1) is 9.70. The van der Waals surface area contributed by atoms with Gasteiger partial charge in [-0.3, -0.25) is 4.98 Å². The molecule has 5 heteroatoms. The van der Waals surface area contributed by atoms with Crippen LogP contribution >= 0.6 is 0 Å². The van der Waals surface area contributed by atoms with Gasteiger partial charge in [0.15, 0.2) is 0 Å². The highest BCUT2D eigenvalue weighted by Gasteiger charge is 2.08. The summed E-state index contributed by atoms with van der Waals surface area (Å²) in [5, 5.41) is 3.82. The molecule has 0 bridgehead atoms. The molecule has 0 fully saturated rings. The van der Waals surface area contributed by atoms with Gasteiger partial charge in [0.2, 0.25) is 0 Å². The summed E-state index contributed by atoms with van der Waals surface area (Å²) in [5.74, 6) is 0.0617. The fraction of sp³-hybridized carbons (Fsp3) is 0.133. The fourth-order valence-electron chi connectivity index (χ4n) is 1.56. The molecule has 0 amide bonds. The van der Waals surface area contributed by atoms with Crippen molar-refractivity contribution in [2.45, 2.75) is 6.92 Å². The predicted octanol–water partition coefficient (Wildman–Crippen LogP) is 2.67. The molecule has 2 rings (SSSR count). The molecule has 0 saturated carbocycles. The van der Waals surface area contributed by atoms with E-state index in [0.29, 0.717) is 17.0 Å². The maximum Gasteiger partial charge on any atom is 0.365 e. The normalized spacial score (nSPS) is 11.0. The standard InChI is InChI=1S/C15H14N2O3/c1-11(12-6-8-16-9-7-12)17-20-15(18)13-4-3-5-14(10-13)19-2/h3-10H,1-2H3/b17-11+. The van der Waals surface area contributed by atoms with Crippen LogP contribution in [0.15, 0.2) is 53.9 Å². The number of benzene rings is 1. The topological polar surface area (TPSA) is 60.8 Å². The second kappa shape index (κ2) is 6.47. The minimum absolute atomic E-state index is 0.385. The molecule has 0 saturated heterocycles. The van der Waals surface area contributed by atoms with Crippen LogP contribution in [-0.4, -0.2) is 23.8 Å². The summed E-state index contributed by atoms with van der Waals surface area (Å²) in [6.45, 7) is 1.76. The molecule has 0 unspecified atom stereocenters. The van der Waals surface area contributed by atoms with E-state index in [-0.39, 0.29) is 0 Å². The summed E-state index contributed by atoms with van der Waals surface area (Å²) >= 11 is 0. The molecule has 2 aromatic rings. The van der Waals surface area contributed by atoms with Gasteiger partial charge >= 0.3 is 5.97 Å². The molecule has 102 valence electrons. The van der Waals surface area contributed by atoms with E-state index < -0.39 is 5.97 Å². The summed E-state index contributed by atoms with van der Waals surface area (Å²) in [7, 11) is 1.54. The number of ether oxygens (including phenoxy) is 1.